The van der Waals surface area contributed by atoms with E-state index in [-0.39, 0.29) is 11.7 Å². The maximum Gasteiger partial charge on any atom is 0.211 e. The number of carbonyl (C=O) groups excluding carboxylic acids is 1. The van der Waals surface area contributed by atoms with Gasteiger partial charge in [-0.15, -0.1) is 5.10 Å². The Morgan fingerprint density at radius 2 is 2.03 bits per heavy atom. The van der Waals surface area contributed by atoms with E-state index in [9.17, 15) is 4.79 Å². The molecule has 1 atom stereocenters. The number of furan rings is 1. The third-order valence-electron chi connectivity index (χ3n) is 5.98. The Labute approximate surface area is 198 Å². The maximum absolute atomic E-state index is 13.4. The van der Waals surface area contributed by atoms with Gasteiger partial charge in [-0.3, -0.25) is 4.79 Å². The lowest BCUT2D eigenvalue weighted by molar-refractivity contribution is 0.0960. The fourth-order valence-corrected chi connectivity index (χ4v) is 5.42. The van der Waals surface area contributed by atoms with Crippen LogP contribution in [0.3, 0.4) is 0 Å². The van der Waals surface area contributed by atoms with Crippen LogP contribution in [0.2, 0.25) is 5.02 Å². The largest absolute Gasteiger partial charge is 0.469 e. The number of aromatic nitrogens is 3. The van der Waals surface area contributed by atoms with Gasteiger partial charge in [0.15, 0.2) is 11.6 Å². The van der Waals surface area contributed by atoms with Gasteiger partial charge in [-0.2, -0.15) is 0 Å². The van der Waals surface area contributed by atoms with Gasteiger partial charge in [0.2, 0.25) is 5.13 Å². The number of carbonyl (C=O) groups is 1. The molecule has 6 nitrogen and oxygen atoms in total. The van der Waals surface area contributed by atoms with Crippen LogP contribution >= 0.6 is 22.9 Å². The molecule has 0 bridgehead atoms. The number of nitrogens with one attached hydrogen (secondary N) is 1. The highest BCUT2D eigenvalue weighted by Crippen LogP contribution is 2.39. The molecule has 0 fully saturated rings. The average molecular weight is 475 g/mol. The molecular weight excluding hydrogens is 456 g/mol. The number of anilines is 2. The Morgan fingerprint density at radius 3 is 2.82 bits per heavy atom. The van der Waals surface area contributed by atoms with Crippen LogP contribution in [0.25, 0.3) is 15.3 Å². The molecule has 1 unspecified atom stereocenters. The van der Waals surface area contributed by atoms with Crippen molar-refractivity contribution in [3.05, 3.63) is 88.5 Å². The molecule has 8 heteroatoms. The first-order valence-corrected chi connectivity index (χ1v) is 11.8. The van der Waals surface area contributed by atoms with Crippen molar-refractivity contribution in [3.63, 3.8) is 0 Å². The SMILES string of the molecule is Cc1ccc(Nc2nn(-c3nc4ccccc4s3)c3c2C(=O)CC(c2ccco2)C3)cc1Cl. The smallest absolute Gasteiger partial charge is 0.211 e. The van der Waals surface area contributed by atoms with E-state index in [4.69, 9.17) is 26.1 Å². The van der Waals surface area contributed by atoms with Crippen LogP contribution in [0.5, 0.6) is 0 Å². The van der Waals surface area contributed by atoms with Crippen molar-refractivity contribution in [1.29, 1.82) is 0 Å². The lowest BCUT2D eigenvalue weighted by Gasteiger charge is -2.20. The number of Topliss-reactive ketones (excluding diaryl/α,β-unsaturated/α-hetero) is 1. The number of hydrogen-bond acceptors (Lipinski definition) is 6. The summed E-state index contributed by atoms with van der Waals surface area (Å²) in [6.07, 6.45) is 2.65. The van der Waals surface area contributed by atoms with E-state index in [1.165, 1.54) is 0 Å². The number of fused-ring (bicyclic) bond motifs is 2. The monoisotopic (exact) mass is 474 g/mol. The van der Waals surface area contributed by atoms with Gasteiger partial charge in [0, 0.05) is 29.5 Å². The normalized spacial score (nSPS) is 15.7. The summed E-state index contributed by atoms with van der Waals surface area (Å²) in [6.45, 7) is 1.95. The first kappa shape index (κ1) is 20.2. The minimum absolute atomic E-state index is 0.0331. The van der Waals surface area contributed by atoms with E-state index >= 15 is 0 Å². The average Bonchev–Trinajstić information content (AvgIpc) is 3.54. The van der Waals surface area contributed by atoms with Crippen molar-refractivity contribution in [2.75, 3.05) is 5.32 Å². The number of halogens is 1. The van der Waals surface area contributed by atoms with E-state index in [0.717, 1.165) is 38.1 Å². The minimum Gasteiger partial charge on any atom is -0.469 e. The number of nitrogens with zero attached hydrogens (tertiary/aromatic N) is 3. The van der Waals surface area contributed by atoms with Gasteiger partial charge in [0.05, 0.1) is 27.7 Å². The molecule has 3 aromatic heterocycles. The summed E-state index contributed by atoms with van der Waals surface area (Å²) in [4.78, 5) is 18.1. The van der Waals surface area contributed by atoms with Gasteiger partial charge in [0.25, 0.3) is 0 Å². The predicted molar refractivity (Wildman–Crippen MR) is 130 cm³/mol. The zero-order valence-electron chi connectivity index (χ0n) is 17.7. The van der Waals surface area contributed by atoms with Crippen LogP contribution in [0.4, 0.5) is 11.5 Å². The van der Waals surface area contributed by atoms with Crippen molar-refractivity contribution in [3.8, 4) is 5.13 Å². The van der Waals surface area contributed by atoms with Crippen molar-refractivity contribution in [2.24, 2.45) is 0 Å². The fraction of sp³-hybridized carbons (Fsp3) is 0.160. The molecule has 2 aromatic carbocycles. The van der Waals surface area contributed by atoms with Crippen molar-refractivity contribution in [2.45, 2.75) is 25.7 Å². The van der Waals surface area contributed by atoms with E-state index < -0.39 is 0 Å². The highest BCUT2D eigenvalue weighted by atomic mass is 35.5. The highest BCUT2D eigenvalue weighted by molar-refractivity contribution is 7.20. The summed E-state index contributed by atoms with van der Waals surface area (Å²) >= 11 is 7.88. The van der Waals surface area contributed by atoms with Crippen LogP contribution in [0.15, 0.2) is 65.3 Å². The maximum atomic E-state index is 13.4. The third-order valence-corrected chi connectivity index (χ3v) is 7.39. The summed E-state index contributed by atoms with van der Waals surface area (Å²) in [6, 6.07) is 17.5. The van der Waals surface area contributed by atoms with E-state index in [1.54, 1.807) is 17.6 Å². The Balaban J connectivity index is 1.49. The Hall–Kier alpha value is -3.42. The van der Waals surface area contributed by atoms with Crippen molar-refractivity contribution in [1.82, 2.24) is 14.8 Å². The summed E-state index contributed by atoms with van der Waals surface area (Å²) in [5.41, 5.74) is 4.12. The van der Waals surface area contributed by atoms with Crippen LogP contribution in [0.1, 0.15) is 39.7 Å². The Bertz CT molecular complexity index is 1470. The molecule has 1 aliphatic rings. The highest BCUT2D eigenvalue weighted by Gasteiger charge is 2.35. The number of aryl methyl sites for hydroxylation is 1. The van der Waals surface area contributed by atoms with Gasteiger partial charge < -0.3 is 9.73 Å². The minimum atomic E-state index is -0.0357. The Morgan fingerprint density at radius 1 is 1.15 bits per heavy atom. The van der Waals surface area contributed by atoms with E-state index in [1.807, 2.05) is 66.2 Å². The molecule has 5 aromatic rings. The zero-order valence-corrected chi connectivity index (χ0v) is 19.3. The quantitative estimate of drug-likeness (QED) is 0.314. The van der Waals surface area contributed by atoms with Crippen LogP contribution < -0.4 is 5.32 Å². The summed E-state index contributed by atoms with van der Waals surface area (Å²) in [5.74, 6) is 1.33. The molecule has 33 heavy (non-hydrogen) atoms. The topological polar surface area (TPSA) is 73.0 Å². The van der Waals surface area contributed by atoms with Crippen molar-refractivity contribution >= 4 is 50.4 Å². The predicted octanol–water partition coefficient (Wildman–Crippen LogP) is 6.69. The summed E-state index contributed by atoms with van der Waals surface area (Å²) < 4.78 is 8.51. The molecule has 0 saturated heterocycles. The summed E-state index contributed by atoms with van der Waals surface area (Å²) in [5, 5.41) is 9.54. The second-order valence-corrected chi connectivity index (χ2v) is 9.60. The molecule has 0 radical (unpaired) electrons. The molecular formula is C25H19ClN4O2S. The summed E-state index contributed by atoms with van der Waals surface area (Å²) in [7, 11) is 0. The van der Waals surface area contributed by atoms with Gasteiger partial charge in [-0.25, -0.2) is 9.67 Å². The molecule has 164 valence electrons. The second kappa shape index (κ2) is 7.86. The standard InChI is InChI=1S/C25H19ClN4O2S/c1-14-8-9-16(13-17(14)26)27-24-23-19(11-15(12-20(23)31)21-6-4-10-32-21)30(29-24)25-28-18-5-2-3-7-22(18)33-25/h2-10,13,15H,11-12H2,1H3,(H,27,29). The molecule has 0 amide bonds. The fourth-order valence-electron chi connectivity index (χ4n) is 4.29. The van der Waals surface area contributed by atoms with Gasteiger partial charge >= 0.3 is 0 Å². The molecule has 3 heterocycles. The number of ketones is 1. The Kier molecular flexibility index (Phi) is 4.81. The lowest BCUT2D eigenvalue weighted by Crippen LogP contribution is -2.20. The zero-order chi connectivity index (χ0) is 22.5. The lowest BCUT2D eigenvalue weighted by atomic mass is 9.85. The number of para-hydroxylation sites is 1. The number of thiazole rings is 1. The molecule has 1 aliphatic carbocycles. The van der Waals surface area contributed by atoms with E-state index in [0.29, 0.717) is 29.2 Å². The van der Waals surface area contributed by atoms with E-state index in [2.05, 4.69) is 5.32 Å². The third kappa shape index (κ3) is 3.53. The van der Waals surface area contributed by atoms with Gasteiger partial charge in [-0.05, 0) is 48.9 Å². The van der Waals surface area contributed by atoms with Crippen molar-refractivity contribution < 1.29 is 9.21 Å². The molecule has 0 aliphatic heterocycles. The van der Waals surface area contributed by atoms with Crippen LogP contribution in [0, 0.1) is 6.92 Å². The van der Waals surface area contributed by atoms with Crippen LogP contribution in [-0.2, 0) is 6.42 Å². The number of rotatable bonds is 4. The molecule has 0 spiro atoms. The van der Waals surface area contributed by atoms with Crippen LogP contribution in [-0.4, -0.2) is 20.5 Å². The molecule has 1 N–H and O–H groups in total. The number of benzene rings is 2. The van der Waals surface area contributed by atoms with Gasteiger partial charge in [-0.1, -0.05) is 41.1 Å². The first-order chi connectivity index (χ1) is 16.1. The second-order valence-electron chi connectivity index (χ2n) is 8.18. The molecule has 0 saturated carbocycles. The molecule has 6 rings (SSSR count). The first-order valence-electron chi connectivity index (χ1n) is 10.6. The van der Waals surface area contributed by atoms with Gasteiger partial charge in [0.1, 0.15) is 5.76 Å². The number of hydrogen-bond donors (Lipinski definition) is 1.